The highest BCUT2D eigenvalue weighted by molar-refractivity contribution is 5.87. The molecule has 0 radical (unpaired) electrons. The number of rotatable bonds is 5. The normalized spacial score (nSPS) is 17.3. The number of esters is 1. The van der Waals surface area contributed by atoms with Crippen molar-refractivity contribution in [2.45, 2.75) is 12.2 Å². The third kappa shape index (κ3) is 2.74. The highest BCUT2D eigenvalue weighted by atomic mass is 16.7. The molecule has 0 saturated carbocycles. The number of hydrogen-bond donors (Lipinski definition) is 1. The first-order chi connectivity index (χ1) is 9.07. The summed E-state index contributed by atoms with van der Waals surface area (Å²) >= 11 is 0. The number of nitrogens with zero attached hydrogens (tertiary/aromatic N) is 1. The van der Waals surface area contributed by atoms with Crippen LogP contribution in [0.3, 0.4) is 0 Å². The van der Waals surface area contributed by atoms with Crippen molar-refractivity contribution >= 4 is 5.97 Å². The molecule has 8 nitrogen and oxygen atoms in total. The van der Waals surface area contributed by atoms with E-state index in [1.54, 1.807) is 6.07 Å². The monoisotopic (exact) mass is 270 g/mol. The van der Waals surface area contributed by atoms with Crippen molar-refractivity contribution in [2.75, 3.05) is 26.9 Å². The van der Waals surface area contributed by atoms with Gasteiger partial charge in [-0.05, 0) is 12.1 Å². The SMILES string of the molecule is COC(=O)c1ccc(C2(CC[N+](=O)[O-])OCCO2)[nH]1. The molecular formula is C11H14N2O6. The van der Waals surface area contributed by atoms with Gasteiger partial charge in [0.2, 0.25) is 12.3 Å². The van der Waals surface area contributed by atoms with E-state index in [0.29, 0.717) is 18.9 Å². The van der Waals surface area contributed by atoms with Gasteiger partial charge in [0.15, 0.2) is 0 Å². The topological polar surface area (TPSA) is 104 Å². The van der Waals surface area contributed by atoms with Gasteiger partial charge in [0.25, 0.3) is 0 Å². The lowest BCUT2D eigenvalue weighted by molar-refractivity contribution is -0.487. The zero-order valence-electron chi connectivity index (χ0n) is 10.4. The van der Waals surface area contributed by atoms with Crippen molar-refractivity contribution in [3.05, 3.63) is 33.6 Å². The van der Waals surface area contributed by atoms with E-state index in [2.05, 4.69) is 9.72 Å². The number of ether oxygens (including phenoxy) is 3. The molecule has 0 unspecified atom stereocenters. The smallest absolute Gasteiger partial charge is 0.354 e. The van der Waals surface area contributed by atoms with E-state index < -0.39 is 16.7 Å². The largest absolute Gasteiger partial charge is 0.464 e. The third-order valence-electron chi connectivity index (χ3n) is 2.88. The molecule has 1 aromatic rings. The Bertz CT molecular complexity index is 477. The Morgan fingerprint density at radius 3 is 2.79 bits per heavy atom. The number of carbonyl (C=O) groups excluding carboxylic acids is 1. The van der Waals surface area contributed by atoms with Gasteiger partial charge in [-0.3, -0.25) is 10.1 Å². The van der Waals surface area contributed by atoms with Crippen LogP contribution in [-0.2, 0) is 20.0 Å². The molecule has 8 heteroatoms. The minimum atomic E-state index is -1.18. The van der Waals surface area contributed by atoms with Crippen LogP contribution in [0.15, 0.2) is 12.1 Å². The summed E-state index contributed by atoms with van der Waals surface area (Å²) in [4.78, 5) is 24.3. The molecule has 1 aromatic heterocycles. The summed E-state index contributed by atoms with van der Waals surface area (Å²) < 4.78 is 15.6. The lowest BCUT2D eigenvalue weighted by Gasteiger charge is -2.24. The molecule has 1 aliphatic heterocycles. The second kappa shape index (κ2) is 5.37. The van der Waals surface area contributed by atoms with Crippen molar-refractivity contribution in [1.82, 2.24) is 4.98 Å². The molecule has 1 N–H and O–H groups in total. The molecule has 2 heterocycles. The average Bonchev–Trinajstić information content (AvgIpc) is 3.05. The van der Waals surface area contributed by atoms with Gasteiger partial charge in [-0.25, -0.2) is 4.79 Å². The highest BCUT2D eigenvalue weighted by Gasteiger charge is 2.41. The highest BCUT2D eigenvalue weighted by Crippen LogP contribution is 2.34. The van der Waals surface area contributed by atoms with Crippen LogP contribution in [0.1, 0.15) is 22.6 Å². The molecule has 0 bridgehead atoms. The van der Waals surface area contributed by atoms with Gasteiger partial charge >= 0.3 is 5.97 Å². The Morgan fingerprint density at radius 1 is 1.53 bits per heavy atom. The fourth-order valence-electron chi connectivity index (χ4n) is 1.97. The Balaban J connectivity index is 2.21. The molecule has 0 spiro atoms. The van der Waals surface area contributed by atoms with E-state index in [0.717, 1.165) is 0 Å². The Labute approximate surface area is 108 Å². The molecule has 104 valence electrons. The zero-order valence-corrected chi connectivity index (χ0v) is 10.4. The summed E-state index contributed by atoms with van der Waals surface area (Å²) in [6, 6.07) is 3.14. The summed E-state index contributed by atoms with van der Waals surface area (Å²) in [5.41, 5.74) is 0.726. The quantitative estimate of drug-likeness (QED) is 0.479. The van der Waals surface area contributed by atoms with Gasteiger partial charge in [-0.1, -0.05) is 0 Å². The standard InChI is InChI=1S/C11H14N2O6/c1-17-10(14)8-2-3-9(12-8)11(4-5-13(15)16)18-6-7-19-11/h2-3,12H,4-7H2,1H3. The number of nitro groups is 1. The van der Waals surface area contributed by atoms with Crippen molar-refractivity contribution in [2.24, 2.45) is 0 Å². The van der Waals surface area contributed by atoms with E-state index in [-0.39, 0.29) is 18.7 Å². The lowest BCUT2D eigenvalue weighted by Crippen LogP contribution is -2.30. The van der Waals surface area contributed by atoms with Crippen molar-refractivity contribution in [3.63, 3.8) is 0 Å². The molecule has 0 atom stereocenters. The van der Waals surface area contributed by atoms with Crippen molar-refractivity contribution in [3.8, 4) is 0 Å². The van der Waals surface area contributed by atoms with E-state index in [1.165, 1.54) is 13.2 Å². The van der Waals surface area contributed by atoms with Crippen LogP contribution >= 0.6 is 0 Å². The van der Waals surface area contributed by atoms with Gasteiger partial charge in [0.05, 0.1) is 32.4 Å². The van der Waals surface area contributed by atoms with Gasteiger partial charge in [-0.15, -0.1) is 0 Å². The number of aromatic amines is 1. The number of carbonyl (C=O) groups is 1. The lowest BCUT2D eigenvalue weighted by atomic mass is 10.1. The molecule has 0 aromatic carbocycles. The predicted molar refractivity (Wildman–Crippen MR) is 62.2 cm³/mol. The molecular weight excluding hydrogens is 256 g/mol. The summed E-state index contributed by atoms with van der Waals surface area (Å²) in [5, 5.41) is 10.5. The maximum atomic E-state index is 11.4. The van der Waals surface area contributed by atoms with E-state index in [9.17, 15) is 14.9 Å². The van der Waals surface area contributed by atoms with E-state index in [4.69, 9.17) is 9.47 Å². The van der Waals surface area contributed by atoms with Crippen LogP contribution in [0, 0.1) is 10.1 Å². The fraction of sp³-hybridized carbons (Fsp3) is 0.545. The van der Waals surface area contributed by atoms with Crippen molar-refractivity contribution < 1.29 is 23.9 Å². The number of H-pyrrole nitrogens is 1. The summed E-state index contributed by atoms with van der Waals surface area (Å²) in [7, 11) is 1.27. The zero-order chi connectivity index (χ0) is 13.9. The Morgan fingerprint density at radius 2 is 2.21 bits per heavy atom. The van der Waals surface area contributed by atoms with E-state index >= 15 is 0 Å². The minimum Gasteiger partial charge on any atom is -0.464 e. The van der Waals surface area contributed by atoms with Crippen LogP contribution in [0.5, 0.6) is 0 Å². The van der Waals surface area contributed by atoms with Crippen LogP contribution in [0.2, 0.25) is 0 Å². The number of nitrogens with one attached hydrogen (secondary N) is 1. The first-order valence-corrected chi connectivity index (χ1v) is 5.75. The molecule has 1 aliphatic rings. The molecule has 2 rings (SSSR count). The third-order valence-corrected chi connectivity index (χ3v) is 2.88. The van der Waals surface area contributed by atoms with Gasteiger partial charge < -0.3 is 19.2 Å². The Kier molecular flexibility index (Phi) is 3.82. The van der Waals surface area contributed by atoms with E-state index in [1.807, 2.05) is 0 Å². The Hall–Kier alpha value is -1.93. The second-order valence-electron chi connectivity index (χ2n) is 4.03. The summed E-state index contributed by atoms with van der Waals surface area (Å²) in [6.07, 6.45) is 0.0706. The number of hydrogen-bond acceptors (Lipinski definition) is 6. The van der Waals surface area contributed by atoms with Gasteiger partial charge in [0.1, 0.15) is 5.69 Å². The van der Waals surface area contributed by atoms with Gasteiger partial charge in [-0.2, -0.15) is 0 Å². The maximum Gasteiger partial charge on any atom is 0.354 e. The summed E-state index contributed by atoms with van der Waals surface area (Å²) in [5.74, 6) is -1.70. The number of aromatic nitrogens is 1. The maximum absolute atomic E-state index is 11.4. The number of methoxy groups -OCH3 is 1. The van der Waals surface area contributed by atoms with Crippen LogP contribution in [-0.4, -0.2) is 42.7 Å². The second-order valence-corrected chi connectivity index (χ2v) is 4.03. The fourth-order valence-corrected chi connectivity index (χ4v) is 1.97. The molecule has 1 fully saturated rings. The van der Waals surface area contributed by atoms with Crippen LogP contribution in [0.4, 0.5) is 0 Å². The predicted octanol–water partition coefficient (Wildman–Crippen LogP) is 0.668. The molecule has 19 heavy (non-hydrogen) atoms. The first-order valence-electron chi connectivity index (χ1n) is 5.75. The van der Waals surface area contributed by atoms with Gasteiger partial charge in [0, 0.05) is 4.92 Å². The summed E-state index contributed by atoms with van der Waals surface area (Å²) in [6.45, 7) is 0.418. The van der Waals surface area contributed by atoms with Crippen LogP contribution in [0.25, 0.3) is 0 Å². The van der Waals surface area contributed by atoms with Crippen LogP contribution < -0.4 is 0 Å². The molecule has 0 aliphatic carbocycles. The minimum absolute atomic E-state index is 0.0706. The molecule has 1 saturated heterocycles. The first kappa shape index (κ1) is 13.5. The van der Waals surface area contributed by atoms with Crippen molar-refractivity contribution in [1.29, 1.82) is 0 Å². The molecule has 0 amide bonds. The average molecular weight is 270 g/mol.